The Morgan fingerprint density at radius 1 is 1.31 bits per heavy atom. The lowest BCUT2D eigenvalue weighted by Crippen LogP contribution is -2.26. The summed E-state index contributed by atoms with van der Waals surface area (Å²) >= 11 is 0. The molecule has 90 valence electrons. The molecule has 0 spiro atoms. The molecule has 1 aromatic rings. The zero-order valence-corrected chi connectivity index (χ0v) is 10.0. The summed E-state index contributed by atoms with van der Waals surface area (Å²) in [5.74, 6) is -0.113. The van der Waals surface area contributed by atoms with Crippen LogP contribution >= 0.6 is 12.4 Å². The monoisotopic (exact) mass is 244 g/mol. The molecular formula is C11H17ClN2O2. The van der Waals surface area contributed by atoms with Crippen molar-refractivity contribution in [3.63, 3.8) is 0 Å². The van der Waals surface area contributed by atoms with Gasteiger partial charge in [0.1, 0.15) is 0 Å². The minimum absolute atomic E-state index is 0. The second kappa shape index (κ2) is 9.15. The van der Waals surface area contributed by atoms with Gasteiger partial charge < -0.3 is 5.32 Å². The van der Waals surface area contributed by atoms with E-state index in [1.54, 1.807) is 0 Å². The maximum Gasteiger partial charge on any atom is 0.244 e. The van der Waals surface area contributed by atoms with Crippen LogP contribution in [0.1, 0.15) is 12.0 Å². The summed E-state index contributed by atoms with van der Waals surface area (Å²) in [7, 11) is 1.43. The Bertz CT molecular complexity index is 293. The predicted octanol–water partition coefficient (Wildman–Crippen LogP) is 1.27. The van der Waals surface area contributed by atoms with Crippen LogP contribution in [0.4, 0.5) is 0 Å². The zero-order valence-electron chi connectivity index (χ0n) is 9.23. The number of carbonyl (C=O) groups excluding carboxylic acids is 1. The van der Waals surface area contributed by atoms with Crippen molar-refractivity contribution >= 4 is 18.3 Å². The van der Waals surface area contributed by atoms with Gasteiger partial charge in [-0.3, -0.25) is 9.63 Å². The number of carbonyl (C=O) groups is 1. The number of amides is 1. The summed E-state index contributed by atoms with van der Waals surface area (Å²) in [6.07, 6.45) is 0.417. The molecule has 5 heteroatoms. The SMILES string of the molecule is CONC(=O)CCNCc1ccccc1.Cl. The summed E-state index contributed by atoms with van der Waals surface area (Å²) in [4.78, 5) is 15.5. The van der Waals surface area contributed by atoms with E-state index in [0.717, 1.165) is 6.54 Å². The summed E-state index contributed by atoms with van der Waals surface area (Å²) in [6.45, 7) is 1.42. The van der Waals surface area contributed by atoms with Gasteiger partial charge in [0.05, 0.1) is 7.11 Å². The van der Waals surface area contributed by atoms with Crippen molar-refractivity contribution in [1.29, 1.82) is 0 Å². The molecule has 0 heterocycles. The highest BCUT2D eigenvalue weighted by Crippen LogP contribution is 1.96. The van der Waals surface area contributed by atoms with Gasteiger partial charge in [-0.15, -0.1) is 12.4 Å². The van der Waals surface area contributed by atoms with Gasteiger partial charge in [0.15, 0.2) is 0 Å². The fourth-order valence-corrected chi connectivity index (χ4v) is 1.20. The topological polar surface area (TPSA) is 50.4 Å². The molecule has 0 saturated carbocycles. The largest absolute Gasteiger partial charge is 0.312 e. The van der Waals surface area contributed by atoms with Crippen molar-refractivity contribution in [1.82, 2.24) is 10.8 Å². The van der Waals surface area contributed by atoms with Crippen LogP contribution in [0, 0.1) is 0 Å². The molecule has 0 aliphatic heterocycles. The first-order valence-electron chi connectivity index (χ1n) is 4.89. The van der Waals surface area contributed by atoms with Gasteiger partial charge >= 0.3 is 0 Å². The van der Waals surface area contributed by atoms with Crippen molar-refractivity contribution in [2.24, 2.45) is 0 Å². The molecule has 0 saturated heterocycles. The normalized spacial score (nSPS) is 9.31. The highest BCUT2D eigenvalue weighted by atomic mass is 35.5. The first-order chi connectivity index (χ1) is 7.33. The number of rotatable bonds is 6. The summed E-state index contributed by atoms with van der Waals surface area (Å²) in [5, 5.41) is 3.17. The Morgan fingerprint density at radius 3 is 2.62 bits per heavy atom. The molecule has 0 radical (unpaired) electrons. The lowest BCUT2D eigenvalue weighted by molar-refractivity contribution is -0.131. The van der Waals surface area contributed by atoms with Crippen LogP contribution in [-0.4, -0.2) is 19.6 Å². The van der Waals surface area contributed by atoms with E-state index < -0.39 is 0 Å². The van der Waals surface area contributed by atoms with E-state index in [4.69, 9.17) is 0 Å². The Labute approximate surface area is 102 Å². The standard InChI is InChI=1S/C11H16N2O2.ClH/c1-15-13-11(14)7-8-12-9-10-5-3-2-4-6-10;/h2-6,12H,7-9H2,1H3,(H,13,14);1H. The molecule has 4 nitrogen and oxygen atoms in total. The minimum atomic E-state index is -0.113. The molecule has 0 aromatic heterocycles. The third kappa shape index (κ3) is 6.40. The number of halogens is 1. The first kappa shape index (κ1) is 14.9. The van der Waals surface area contributed by atoms with Crippen molar-refractivity contribution in [3.05, 3.63) is 35.9 Å². The minimum Gasteiger partial charge on any atom is -0.312 e. The lowest BCUT2D eigenvalue weighted by Gasteiger charge is -2.04. The summed E-state index contributed by atoms with van der Waals surface area (Å²) < 4.78 is 0. The summed E-state index contributed by atoms with van der Waals surface area (Å²) in [6, 6.07) is 10.1. The highest BCUT2D eigenvalue weighted by Gasteiger charge is 1.98. The molecule has 0 aliphatic rings. The Morgan fingerprint density at radius 2 is 2.00 bits per heavy atom. The number of hydrogen-bond donors (Lipinski definition) is 2. The van der Waals surface area contributed by atoms with Gasteiger partial charge in [0.25, 0.3) is 0 Å². The quantitative estimate of drug-likeness (QED) is 0.585. The number of hydrogen-bond acceptors (Lipinski definition) is 3. The predicted molar refractivity (Wildman–Crippen MR) is 65.2 cm³/mol. The van der Waals surface area contributed by atoms with Crippen molar-refractivity contribution in [2.45, 2.75) is 13.0 Å². The molecule has 1 amide bonds. The maximum atomic E-state index is 11.0. The molecule has 0 aliphatic carbocycles. The van der Waals surface area contributed by atoms with E-state index in [1.807, 2.05) is 30.3 Å². The third-order valence-corrected chi connectivity index (χ3v) is 1.92. The van der Waals surface area contributed by atoms with E-state index in [2.05, 4.69) is 15.6 Å². The number of nitrogens with one attached hydrogen (secondary N) is 2. The van der Waals surface area contributed by atoms with E-state index in [0.29, 0.717) is 13.0 Å². The van der Waals surface area contributed by atoms with Gasteiger partial charge in [-0.25, -0.2) is 5.48 Å². The smallest absolute Gasteiger partial charge is 0.244 e. The van der Waals surface area contributed by atoms with Gasteiger partial charge in [-0.2, -0.15) is 0 Å². The van der Waals surface area contributed by atoms with Crippen LogP contribution in [0.25, 0.3) is 0 Å². The average molecular weight is 245 g/mol. The van der Waals surface area contributed by atoms with Crippen molar-refractivity contribution < 1.29 is 9.63 Å². The third-order valence-electron chi connectivity index (χ3n) is 1.92. The second-order valence-electron chi connectivity index (χ2n) is 3.14. The highest BCUT2D eigenvalue weighted by molar-refractivity contribution is 5.85. The molecule has 16 heavy (non-hydrogen) atoms. The maximum absolute atomic E-state index is 11.0. The molecule has 0 atom stereocenters. The van der Waals surface area contributed by atoms with Crippen molar-refractivity contribution in [2.75, 3.05) is 13.7 Å². The van der Waals surface area contributed by atoms with Crippen LogP contribution in [0.5, 0.6) is 0 Å². The molecule has 1 aromatic carbocycles. The molecule has 2 N–H and O–H groups in total. The van der Waals surface area contributed by atoms with Crippen LogP contribution < -0.4 is 10.8 Å². The molecule has 0 fully saturated rings. The van der Waals surface area contributed by atoms with Crippen LogP contribution in [0.3, 0.4) is 0 Å². The molecular weight excluding hydrogens is 228 g/mol. The lowest BCUT2D eigenvalue weighted by atomic mass is 10.2. The van der Waals surface area contributed by atoms with Gasteiger partial charge in [0, 0.05) is 19.5 Å². The van der Waals surface area contributed by atoms with E-state index in [-0.39, 0.29) is 18.3 Å². The Kier molecular flexibility index (Phi) is 8.52. The number of benzene rings is 1. The first-order valence-corrected chi connectivity index (χ1v) is 4.89. The number of hydroxylamine groups is 1. The van der Waals surface area contributed by atoms with Crippen molar-refractivity contribution in [3.8, 4) is 0 Å². The van der Waals surface area contributed by atoms with Gasteiger partial charge in [-0.1, -0.05) is 30.3 Å². The fourth-order valence-electron chi connectivity index (χ4n) is 1.20. The van der Waals surface area contributed by atoms with Crippen LogP contribution in [0.15, 0.2) is 30.3 Å². The molecule has 0 bridgehead atoms. The van der Waals surface area contributed by atoms with E-state index in [1.165, 1.54) is 12.7 Å². The fraction of sp³-hybridized carbons (Fsp3) is 0.364. The van der Waals surface area contributed by atoms with Gasteiger partial charge in [0.2, 0.25) is 5.91 Å². The van der Waals surface area contributed by atoms with E-state index in [9.17, 15) is 4.79 Å². The summed E-state index contributed by atoms with van der Waals surface area (Å²) in [5.41, 5.74) is 3.48. The Hall–Kier alpha value is -1.10. The Balaban J connectivity index is 0.00000225. The molecule has 0 unspecified atom stereocenters. The van der Waals surface area contributed by atoms with E-state index >= 15 is 0 Å². The average Bonchev–Trinajstić information content (AvgIpc) is 2.26. The second-order valence-corrected chi connectivity index (χ2v) is 3.14. The van der Waals surface area contributed by atoms with Crippen LogP contribution in [-0.2, 0) is 16.2 Å². The molecule has 1 rings (SSSR count). The zero-order chi connectivity index (χ0) is 10.9. The van der Waals surface area contributed by atoms with Gasteiger partial charge in [-0.05, 0) is 5.56 Å². The van der Waals surface area contributed by atoms with Crippen LogP contribution in [0.2, 0.25) is 0 Å².